The number of amides is 1. The van der Waals surface area contributed by atoms with Crippen LogP contribution in [0.25, 0.3) is 0 Å². The number of esters is 1. The van der Waals surface area contributed by atoms with Crippen molar-refractivity contribution in [1.82, 2.24) is 5.32 Å². The highest BCUT2D eigenvalue weighted by Gasteiger charge is 2.08. The van der Waals surface area contributed by atoms with Gasteiger partial charge in [-0.15, -0.1) is 0 Å². The van der Waals surface area contributed by atoms with Gasteiger partial charge in [0, 0.05) is 5.56 Å². The van der Waals surface area contributed by atoms with Crippen LogP contribution in [-0.2, 0) is 9.53 Å². The molecule has 1 N–H and O–H groups in total. The lowest BCUT2D eigenvalue weighted by atomic mass is 10.2. The number of benzene rings is 2. The molecule has 0 aromatic heterocycles. The maximum Gasteiger partial charge on any atom is 0.325 e. The van der Waals surface area contributed by atoms with Crippen LogP contribution in [0, 0.1) is 0 Å². The van der Waals surface area contributed by atoms with Crippen LogP contribution in [0.1, 0.15) is 23.7 Å². The highest BCUT2D eigenvalue weighted by Crippen LogP contribution is 2.17. The Labute approximate surface area is 153 Å². The Hall–Kier alpha value is -3.02. The lowest BCUT2D eigenvalue weighted by molar-refractivity contribution is -0.143. The molecule has 0 heterocycles. The van der Waals surface area contributed by atoms with E-state index in [0.717, 1.165) is 12.2 Å². The van der Waals surface area contributed by atoms with Crippen LogP contribution in [0.3, 0.4) is 0 Å². The summed E-state index contributed by atoms with van der Waals surface area (Å²) in [6.07, 6.45) is 0.954. The van der Waals surface area contributed by atoms with E-state index >= 15 is 0 Å². The molecule has 0 saturated carbocycles. The van der Waals surface area contributed by atoms with Crippen LogP contribution in [0.5, 0.6) is 11.5 Å². The van der Waals surface area contributed by atoms with Gasteiger partial charge in [0.05, 0.1) is 6.61 Å². The lowest BCUT2D eigenvalue weighted by Crippen LogP contribution is -2.31. The summed E-state index contributed by atoms with van der Waals surface area (Å²) in [6.45, 7) is 2.88. The standard InChI is InChI=1S/C20H23NO5/c1-2-12-24-17-8-10-18(11-9-17)25-13-14-26-19(22)15-21-20(23)16-6-4-3-5-7-16/h3-11H,2,12-15H2,1H3,(H,21,23). The molecule has 0 saturated heterocycles. The topological polar surface area (TPSA) is 73.9 Å². The van der Waals surface area contributed by atoms with E-state index in [1.165, 1.54) is 0 Å². The van der Waals surface area contributed by atoms with Gasteiger partial charge in [-0.3, -0.25) is 9.59 Å². The molecular formula is C20H23NO5. The van der Waals surface area contributed by atoms with Crippen LogP contribution in [-0.4, -0.2) is 38.2 Å². The first-order valence-electron chi connectivity index (χ1n) is 8.53. The van der Waals surface area contributed by atoms with Gasteiger partial charge < -0.3 is 19.5 Å². The molecule has 1 amide bonds. The quantitative estimate of drug-likeness (QED) is 0.523. The van der Waals surface area contributed by atoms with E-state index in [9.17, 15) is 9.59 Å². The molecule has 138 valence electrons. The van der Waals surface area contributed by atoms with Crippen molar-refractivity contribution in [2.24, 2.45) is 0 Å². The molecule has 0 aliphatic carbocycles. The van der Waals surface area contributed by atoms with Gasteiger partial charge in [-0.05, 0) is 42.8 Å². The third kappa shape index (κ3) is 6.84. The van der Waals surface area contributed by atoms with Crippen molar-refractivity contribution >= 4 is 11.9 Å². The summed E-state index contributed by atoms with van der Waals surface area (Å²) in [5, 5.41) is 2.51. The highest BCUT2D eigenvalue weighted by atomic mass is 16.6. The van der Waals surface area contributed by atoms with Crippen LogP contribution >= 0.6 is 0 Å². The number of ether oxygens (including phenoxy) is 3. The smallest absolute Gasteiger partial charge is 0.325 e. The molecule has 0 fully saturated rings. The summed E-state index contributed by atoms with van der Waals surface area (Å²) in [6, 6.07) is 15.9. The Bertz CT molecular complexity index is 685. The van der Waals surface area contributed by atoms with Crippen LogP contribution < -0.4 is 14.8 Å². The summed E-state index contributed by atoms with van der Waals surface area (Å²) in [5.41, 5.74) is 0.495. The van der Waals surface area contributed by atoms with Crippen molar-refractivity contribution in [2.45, 2.75) is 13.3 Å². The van der Waals surface area contributed by atoms with Gasteiger partial charge in [0.15, 0.2) is 0 Å². The van der Waals surface area contributed by atoms with Gasteiger partial charge >= 0.3 is 5.97 Å². The molecule has 0 aliphatic rings. The molecular weight excluding hydrogens is 334 g/mol. The van der Waals surface area contributed by atoms with Crippen molar-refractivity contribution < 1.29 is 23.8 Å². The fourth-order valence-corrected chi connectivity index (χ4v) is 2.06. The van der Waals surface area contributed by atoms with Gasteiger partial charge in [0.2, 0.25) is 0 Å². The van der Waals surface area contributed by atoms with Crippen molar-refractivity contribution in [3.8, 4) is 11.5 Å². The Balaban J connectivity index is 1.60. The molecule has 0 unspecified atom stereocenters. The first-order valence-corrected chi connectivity index (χ1v) is 8.53. The van der Waals surface area contributed by atoms with E-state index in [2.05, 4.69) is 5.32 Å². The molecule has 26 heavy (non-hydrogen) atoms. The van der Waals surface area contributed by atoms with E-state index in [1.807, 2.05) is 25.1 Å². The zero-order valence-electron chi connectivity index (χ0n) is 14.8. The monoisotopic (exact) mass is 357 g/mol. The van der Waals surface area contributed by atoms with Crippen molar-refractivity contribution in [3.05, 3.63) is 60.2 Å². The van der Waals surface area contributed by atoms with E-state index in [-0.39, 0.29) is 25.7 Å². The van der Waals surface area contributed by atoms with Crippen molar-refractivity contribution in [3.63, 3.8) is 0 Å². The van der Waals surface area contributed by atoms with Gasteiger partial charge in [-0.1, -0.05) is 25.1 Å². The van der Waals surface area contributed by atoms with Gasteiger partial charge in [-0.25, -0.2) is 0 Å². The summed E-state index contributed by atoms with van der Waals surface area (Å²) < 4.78 is 16.0. The van der Waals surface area contributed by atoms with Crippen molar-refractivity contribution in [2.75, 3.05) is 26.4 Å². The van der Waals surface area contributed by atoms with Gasteiger partial charge in [-0.2, -0.15) is 0 Å². The third-order valence-electron chi connectivity index (χ3n) is 3.34. The highest BCUT2D eigenvalue weighted by molar-refractivity contribution is 5.95. The maximum atomic E-state index is 11.8. The number of hydrogen-bond acceptors (Lipinski definition) is 5. The number of carbonyl (C=O) groups is 2. The zero-order chi connectivity index (χ0) is 18.6. The number of rotatable bonds is 10. The molecule has 2 rings (SSSR count). The predicted molar refractivity (Wildman–Crippen MR) is 97.5 cm³/mol. The predicted octanol–water partition coefficient (Wildman–Crippen LogP) is 2.83. The first-order chi connectivity index (χ1) is 12.7. The average Bonchev–Trinajstić information content (AvgIpc) is 2.69. The van der Waals surface area contributed by atoms with Crippen molar-refractivity contribution in [1.29, 1.82) is 0 Å². The van der Waals surface area contributed by atoms with Crippen LogP contribution in [0.2, 0.25) is 0 Å². The zero-order valence-corrected chi connectivity index (χ0v) is 14.8. The van der Waals surface area contributed by atoms with E-state index in [1.54, 1.807) is 36.4 Å². The Kier molecular flexibility index (Phi) is 7.99. The SMILES string of the molecule is CCCOc1ccc(OCCOC(=O)CNC(=O)c2ccccc2)cc1. The number of hydrogen-bond donors (Lipinski definition) is 1. The summed E-state index contributed by atoms with van der Waals surface area (Å²) >= 11 is 0. The van der Waals surface area contributed by atoms with Crippen LogP contribution in [0.4, 0.5) is 0 Å². The average molecular weight is 357 g/mol. The molecule has 0 spiro atoms. The van der Waals surface area contributed by atoms with Crippen LogP contribution in [0.15, 0.2) is 54.6 Å². The molecule has 2 aromatic carbocycles. The Morgan fingerprint density at radius 1 is 0.846 bits per heavy atom. The van der Waals surface area contributed by atoms with E-state index in [4.69, 9.17) is 14.2 Å². The molecule has 0 bridgehead atoms. The second kappa shape index (κ2) is 10.8. The van der Waals surface area contributed by atoms with Gasteiger partial charge in [0.25, 0.3) is 5.91 Å². The second-order valence-corrected chi connectivity index (χ2v) is 5.44. The molecule has 6 heteroatoms. The molecule has 2 aromatic rings. The second-order valence-electron chi connectivity index (χ2n) is 5.44. The number of nitrogens with one attached hydrogen (secondary N) is 1. The normalized spacial score (nSPS) is 10.0. The minimum atomic E-state index is -0.513. The molecule has 0 atom stereocenters. The summed E-state index contributed by atoms with van der Waals surface area (Å²) in [4.78, 5) is 23.4. The molecule has 6 nitrogen and oxygen atoms in total. The lowest BCUT2D eigenvalue weighted by Gasteiger charge is -2.09. The minimum absolute atomic E-state index is 0.105. The fraction of sp³-hybridized carbons (Fsp3) is 0.300. The summed E-state index contributed by atoms with van der Waals surface area (Å²) in [5.74, 6) is 0.632. The first kappa shape index (κ1) is 19.3. The number of carbonyl (C=O) groups excluding carboxylic acids is 2. The van der Waals surface area contributed by atoms with E-state index < -0.39 is 5.97 Å². The van der Waals surface area contributed by atoms with Gasteiger partial charge in [0.1, 0.15) is 31.3 Å². The Morgan fingerprint density at radius 3 is 2.08 bits per heavy atom. The summed E-state index contributed by atoms with van der Waals surface area (Å²) in [7, 11) is 0. The largest absolute Gasteiger partial charge is 0.494 e. The fourth-order valence-electron chi connectivity index (χ4n) is 2.06. The minimum Gasteiger partial charge on any atom is -0.494 e. The maximum absolute atomic E-state index is 11.8. The van der Waals surface area contributed by atoms with E-state index in [0.29, 0.717) is 17.9 Å². The molecule has 0 aliphatic heterocycles. The molecule has 0 radical (unpaired) electrons. The third-order valence-corrected chi connectivity index (χ3v) is 3.34. The Morgan fingerprint density at radius 2 is 1.46 bits per heavy atom.